The molecule has 10 rings (SSSR count). The molecule has 3 N–H and O–H groups in total. The molecule has 0 bridgehead atoms. The Kier molecular flexibility index (Phi) is 12.5. The van der Waals surface area contributed by atoms with Crippen molar-refractivity contribution in [2.45, 2.75) is 45.8 Å². The van der Waals surface area contributed by atoms with Crippen LogP contribution in [-0.4, -0.2) is 139 Å². The number of nitrogens with zero attached hydrogens (tertiary/aromatic N) is 11. The van der Waals surface area contributed by atoms with Crippen molar-refractivity contribution in [2.75, 3.05) is 75.2 Å². The fraction of sp³-hybridized carbons (Fsp3) is 0.457. The van der Waals surface area contributed by atoms with Gasteiger partial charge in [0.1, 0.15) is 23.2 Å². The number of carbonyl (C=O) groups excluding carboxylic acids is 3. The maximum atomic E-state index is 11.6. The van der Waals surface area contributed by atoms with E-state index < -0.39 is 0 Å². The summed E-state index contributed by atoms with van der Waals surface area (Å²) in [6.07, 6.45) is 7.86. The highest BCUT2D eigenvalue weighted by molar-refractivity contribution is 5.85. The maximum Gasteiger partial charge on any atom is 0.241 e. The largest absolute Gasteiger partial charge is 0.473 e. The number of piperazine rings is 2. The molecule has 3 amide bonds. The van der Waals surface area contributed by atoms with E-state index in [1.54, 1.807) is 19.6 Å². The molecular formula is C46H56N14O5. The number of fused-ring (bicyclic) bond motifs is 2. The van der Waals surface area contributed by atoms with Gasteiger partial charge in [-0.05, 0) is 50.2 Å². The number of amides is 3. The number of aromatic nitrogens is 8. The Hall–Kier alpha value is -6.89. The molecule has 19 heteroatoms. The Morgan fingerprint density at radius 2 is 1.11 bits per heavy atom. The highest BCUT2D eigenvalue weighted by Gasteiger charge is 2.31. The van der Waals surface area contributed by atoms with Crippen molar-refractivity contribution >= 4 is 51.2 Å². The van der Waals surface area contributed by atoms with Crippen LogP contribution >= 0.6 is 0 Å². The van der Waals surface area contributed by atoms with Crippen LogP contribution in [0.3, 0.4) is 0 Å². The first-order valence-electron chi connectivity index (χ1n) is 22.4. The van der Waals surface area contributed by atoms with Crippen molar-refractivity contribution in [3.8, 4) is 34.5 Å². The first kappa shape index (κ1) is 43.4. The predicted octanol–water partition coefficient (Wildman–Crippen LogP) is 2.95. The molecule has 19 nitrogen and oxygen atoms in total. The van der Waals surface area contributed by atoms with Crippen LogP contribution in [0.1, 0.15) is 33.6 Å². The van der Waals surface area contributed by atoms with Gasteiger partial charge < -0.3 is 49.3 Å². The number of hydrogen-bond donors (Lipinski definition) is 3. The molecule has 4 saturated heterocycles. The van der Waals surface area contributed by atoms with Gasteiger partial charge >= 0.3 is 0 Å². The summed E-state index contributed by atoms with van der Waals surface area (Å²) >= 11 is 0. The van der Waals surface area contributed by atoms with E-state index in [9.17, 15) is 14.4 Å². The van der Waals surface area contributed by atoms with Crippen molar-refractivity contribution in [3.63, 3.8) is 0 Å². The number of anilines is 2. The van der Waals surface area contributed by atoms with Crippen LogP contribution < -0.4 is 35.2 Å². The minimum Gasteiger partial charge on any atom is -0.473 e. The lowest BCUT2D eigenvalue weighted by Crippen LogP contribution is -2.48. The zero-order chi connectivity index (χ0) is 45.2. The lowest BCUT2D eigenvalue weighted by Gasteiger charge is -2.35. The van der Waals surface area contributed by atoms with Gasteiger partial charge in [0.05, 0.1) is 70.2 Å². The topological polar surface area (TPSA) is 203 Å². The molecular weight excluding hydrogens is 829 g/mol. The van der Waals surface area contributed by atoms with Gasteiger partial charge in [0.15, 0.2) is 0 Å². The molecule has 4 atom stereocenters. The summed E-state index contributed by atoms with van der Waals surface area (Å²) in [6, 6.07) is 11.9. The summed E-state index contributed by atoms with van der Waals surface area (Å²) < 4.78 is 16.4. The fourth-order valence-electron chi connectivity index (χ4n) is 8.82. The highest BCUT2D eigenvalue weighted by Crippen LogP contribution is 2.33. The van der Waals surface area contributed by atoms with Gasteiger partial charge in [-0.25, -0.2) is 19.9 Å². The SMILES string of the molecule is CC(=O)N1CCN(c2ccc(-c3cc4ncn(C)c4c(O[C@H](C)[C@H]4CNC(=O)C4)n3)nc2)CC1.C[C@@H](Oc1nc(-c2ccc(N3CCNCC3)cn2)cc2ncn(C)c12)[C@H]1CNC(=O)C1. The Morgan fingerprint density at radius 3 is 1.51 bits per heavy atom. The molecule has 0 radical (unpaired) electrons. The molecule has 0 aromatic carbocycles. The van der Waals surface area contributed by atoms with Gasteiger partial charge in [0, 0.05) is 111 Å². The summed E-state index contributed by atoms with van der Waals surface area (Å²) in [4.78, 5) is 69.2. The van der Waals surface area contributed by atoms with Crippen LogP contribution in [0.5, 0.6) is 11.8 Å². The van der Waals surface area contributed by atoms with Crippen LogP contribution in [-0.2, 0) is 28.5 Å². The van der Waals surface area contributed by atoms with E-state index in [0.29, 0.717) is 43.4 Å². The second-order valence-corrected chi connectivity index (χ2v) is 17.3. The summed E-state index contributed by atoms with van der Waals surface area (Å²) in [7, 11) is 3.84. The van der Waals surface area contributed by atoms with Crippen LogP contribution in [0.15, 0.2) is 61.4 Å². The average molecular weight is 885 g/mol. The third kappa shape index (κ3) is 9.50. The first-order chi connectivity index (χ1) is 31.5. The third-order valence-corrected chi connectivity index (χ3v) is 12.9. The summed E-state index contributed by atoms with van der Waals surface area (Å²) in [5.41, 5.74) is 8.29. The molecule has 6 aromatic heterocycles. The lowest BCUT2D eigenvalue weighted by atomic mass is 10.0. The first-order valence-corrected chi connectivity index (χ1v) is 22.4. The Labute approximate surface area is 377 Å². The number of pyridine rings is 4. The molecule has 4 aliphatic heterocycles. The molecule has 340 valence electrons. The highest BCUT2D eigenvalue weighted by atomic mass is 16.5. The second kappa shape index (κ2) is 18.7. The van der Waals surface area contributed by atoms with E-state index >= 15 is 0 Å². The fourth-order valence-corrected chi connectivity index (χ4v) is 8.82. The van der Waals surface area contributed by atoms with Crippen molar-refractivity contribution in [1.29, 1.82) is 0 Å². The molecule has 0 aliphatic carbocycles. The standard InChI is InChI=1S/C24H29N7O3.C22H27N7O2/c1-15(17-10-22(33)26-12-17)34-24-23-21(27-14-29(23)3)11-20(28-24)19-5-4-18(13-25-19)31-8-6-30(7-9-31)16(2)32;1-14(15-9-20(30)25-11-15)31-22-21-19(26-13-28(21)2)10-18(27-22)17-4-3-16(12-24-17)29-7-5-23-6-8-29/h4-5,11,13-15,17H,6-10,12H2,1-3H3,(H,26,33);3-4,10,12-15,23H,5-9,11H2,1-2H3,(H,25,30)/t15-,17-;14-,15-/m11/s1. The summed E-state index contributed by atoms with van der Waals surface area (Å²) in [6.45, 7) is 13.7. The number of aryl methyl sites for hydroxylation is 2. The van der Waals surface area contributed by atoms with E-state index in [4.69, 9.17) is 19.4 Å². The van der Waals surface area contributed by atoms with E-state index in [1.165, 1.54) is 0 Å². The number of rotatable bonds is 10. The Bertz CT molecular complexity index is 2670. The number of ether oxygens (including phenoxy) is 2. The van der Waals surface area contributed by atoms with E-state index in [2.05, 4.69) is 51.8 Å². The molecule has 4 fully saturated rings. The lowest BCUT2D eigenvalue weighted by molar-refractivity contribution is -0.129. The van der Waals surface area contributed by atoms with Crippen LogP contribution in [0.2, 0.25) is 0 Å². The molecule has 0 unspecified atom stereocenters. The monoisotopic (exact) mass is 884 g/mol. The van der Waals surface area contributed by atoms with Gasteiger partial charge in [0.25, 0.3) is 0 Å². The number of hydrogen-bond acceptors (Lipinski definition) is 14. The third-order valence-electron chi connectivity index (χ3n) is 12.9. The zero-order valence-electron chi connectivity index (χ0n) is 37.5. The van der Waals surface area contributed by atoms with Crippen LogP contribution in [0.4, 0.5) is 11.4 Å². The molecule has 10 heterocycles. The minimum absolute atomic E-state index is 0.0554. The summed E-state index contributed by atoms with van der Waals surface area (Å²) in [5.74, 6) is 1.48. The number of imidazole rings is 2. The van der Waals surface area contributed by atoms with E-state index in [0.717, 1.165) is 103 Å². The van der Waals surface area contributed by atoms with Crippen LogP contribution in [0.25, 0.3) is 44.8 Å². The van der Waals surface area contributed by atoms with Crippen molar-refractivity contribution in [1.82, 2.24) is 59.9 Å². The average Bonchev–Trinajstić information content (AvgIpc) is 4.14. The maximum absolute atomic E-state index is 11.6. The van der Waals surface area contributed by atoms with Gasteiger partial charge in [-0.1, -0.05) is 0 Å². The summed E-state index contributed by atoms with van der Waals surface area (Å²) in [5, 5.41) is 9.11. The quantitative estimate of drug-likeness (QED) is 0.181. The van der Waals surface area contributed by atoms with Crippen LogP contribution in [0, 0.1) is 11.8 Å². The normalized spacial score (nSPS) is 19.7. The van der Waals surface area contributed by atoms with Gasteiger partial charge in [-0.15, -0.1) is 0 Å². The smallest absolute Gasteiger partial charge is 0.241 e. The second-order valence-electron chi connectivity index (χ2n) is 17.3. The van der Waals surface area contributed by atoms with Crippen molar-refractivity contribution in [3.05, 3.63) is 61.4 Å². The molecule has 0 saturated carbocycles. The number of nitrogens with one attached hydrogen (secondary N) is 3. The zero-order valence-corrected chi connectivity index (χ0v) is 37.5. The van der Waals surface area contributed by atoms with Gasteiger partial charge in [-0.2, -0.15) is 0 Å². The Morgan fingerprint density at radius 1 is 0.646 bits per heavy atom. The number of carbonyl (C=O) groups is 3. The molecule has 0 spiro atoms. The molecule has 6 aromatic rings. The van der Waals surface area contributed by atoms with Crippen molar-refractivity contribution < 1.29 is 23.9 Å². The van der Waals surface area contributed by atoms with Crippen molar-refractivity contribution in [2.24, 2.45) is 25.9 Å². The van der Waals surface area contributed by atoms with E-state index in [1.807, 2.05) is 84.7 Å². The van der Waals surface area contributed by atoms with Gasteiger partial charge in [0.2, 0.25) is 29.5 Å². The molecule has 4 aliphatic rings. The molecule has 65 heavy (non-hydrogen) atoms. The van der Waals surface area contributed by atoms with Gasteiger partial charge in [-0.3, -0.25) is 24.4 Å². The predicted molar refractivity (Wildman–Crippen MR) is 245 cm³/mol. The minimum atomic E-state index is -0.177. The Balaban J connectivity index is 0.000000165. The van der Waals surface area contributed by atoms with E-state index in [-0.39, 0.29) is 41.8 Å².